The molecule has 0 aliphatic carbocycles. The van der Waals surface area contributed by atoms with Gasteiger partial charge in [-0.05, 0) is 80.4 Å². The average Bonchev–Trinajstić information content (AvgIpc) is 3.45. The Morgan fingerprint density at radius 3 is 2.41 bits per heavy atom. The molecule has 2 fully saturated rings. The molecule has 16 heteroatoms. The number of aromatic nitrogens is 2. The summed E-state index contributed by atoms with van der Waals surface area (Å²) in [5, 5.41) is 3.83. The first-order valence-electron chi connectivity index (χ1n) is 13.9. The number of rotatable bonds is 4. The fraction of sp³-hybridized carbons (Fsp3) is 0.400. The molecule has 46 heavy (non-hydrogen) atoms. The number of amides is 3. The summed E-state index contributed by atoms with van der Waals surface area (Å²) < 4.78 is 102. The molecule has 0 radical (unpaired) electrons. The van der Waals surface area contributed by atoms with E-state index in [9.17, 15) is 45.1 Å². The molecule has 3 aromatic rings. The van der Waals surface area contributed by atoms with Gasteiger partial charge in [0.05, 0.1) is 40.3 Å². The minimum atomic E-state index is -5.04. The van der Waals surface area contributed by atoms with Crippen molar-refractivity contribution in [2.75, 3.05) is 13.1 Å². The maximum atomic E-state index is 15.0. The minimum Gasteiger partial charge on any atom is -0.444 e. The number of hydrogen-bond donors (Lipinski definition) is 0. The number of imide groups is 1. The van der Waals surface area contributed by atoms with Gasteiger partial charge in [-0.15, -0.1) is 0 Å². The third-order valence-electron chi connectivity index (χ3n) is 7.33. The van der Waals surface area contributed by atoms with Crippen LogP contribution in [0.15, 0.2) is 47.5 Å². The Labute approximate surface area is 262 Å². The van der Waals surface area contributed by atoms with Crippen molar-refractivity contribution in [2.24, 2.45) is 0 Å². The molecule has 2 aliphatic rings. The van der Waals surface area contributed by atoms with Crippen LogP contribution in [0.4, 0.5) is 40.3 Å². The Hall–Kier alpha value is -4.08. The van der Waals surface area contributed by atoms with Gasteiger partial charge in [0, 0.05) is 18.5 Å². The molecular weight excluding hydrogens is 645 g/mol. The maximum absolute atomic E-state index is 15.0. The number of hydrogen-bond acceptors (Lipinski definition) is 6. The van der Waals surface area contributed by atoms with Crippen LogP contribution in [-0.4, -0.2) is 67.7 Å². The zero-order valence-electron chi connectivity index (χ0n) is 24.6. The van der Waals surface area contributed by atoms with E-state index < -0.39 is 70.6 Å². The first-order chi connectivity index (χ1) is 21.3. The van der Waals surface area contributed by atoms with Crippen LogP contribution >= 0.6 is 11.8 Å². The topological polar surface area (TPSA) is 84.7 Å². The lowest BCUT2D eigenvalue weighted by atomic mass is 10.0. The summed E-state index contributed by atoms with van der Waals surface area (Å²) >= 11 is 0.601. The second kappa shape index (κ2) is 11.9. The summed E-state index contributed by atoms with van der Waals surface area (Å²) in [5.41, 5.74) is -3.27. The van der Waals surface area contributed by atoms with Gasteiger partial charge in [0.25, 0.3) is 11.1 Å². The van der Waals surface area contributed by atoms with Crippen molar-refractivity contribution in [3.63, 3.8) is 0 Å². The Morgan fingerprint density at radius 1 is 1.04 bits per heavy atom. The van der Waals surface area contributed by atoms with E-state index in [-0.39, 0.29) is 30.5 Å². The molecule has 0 saturated carbocycles. The van der Waals surface area contributed by atoms with Crippen LogP contribution in [0.2, 0.25) is 0 Å². The van der Waals surface area contributed by atoms with Gasteiger partial charge in [0.2, 0.25) is 0 Å². The lowest BCUT2D eigenvalue weighted by molar-refractivity contribution is -0.143. The number of likely N-dealkylation sites (tertiary alicyclic amines) is 1. The number of nitrogens with zero attached hydrogens (tertiary/aromatic N) is 4. The fourth-order valence-electron chi connectivity index (χ4n) is 5.19. The Bertz CT molecular complexity index is 1730. The highest BCUT2D eigenvalue weighted by atomic mass is 32.2. The van der Waals surface area contributed by atoms with E-state index >= 15 is 0 Å². The lowest BCUT2D eigenvalue weighted by Crippen LogP contribution is -2.57. The molecule has 8 nitrogen and oxygen atoms in total. The van der Waals surface area contributed by atoms with Gasteiger partial charge in [-0.2, -0.15) is 31.4 Å². The van der Waals surface area contributed by atoms with E-state index in [0.717, 1.165) is 11.0 Å². The molecule has 2 aliphatic heterocycles. The zero-order chi connectivity index (χ0) is 33.8. The van der Waals surface area contributed by atoms with E-state index in [4.69, 9.17) is 4.74 Å². The van der Waals surface area contributed by atoms with Gasteiger partial charge in [-0.3, -0.25) is 19.2 Å². The van der Waals surface area contributed by atoms with E-state index in [2.05, 4.69) is 5.10 Å². The number of alkyl halides is 7. The average molecular weight is 673 g/mol. The molecule has 246 valence electrons. The molecule has 5 rings (SSSR count). The Morgan fingerprint density at radius 2 is 1.76 bits per heavy atom. The second-order valence-electron chi connectivity index (χ2n) is 11.8. The number of carbonyl (C=O) groups is 3. The van der Waals surface area contributed by atoms with Crippen LogP contribution < -0.4 is 0 Å². The number of thioether (sulfide) groups is 1. The summed E-state index contributed by atoms with van der Waals surface area (Å²) in [5.74, 6) is -0.744. The number of ether oxygens (including phenoxy) is 1. The van der Waals surface area contributed by atoms with Crippen LogP contribution in [0.25, 0.3) is 17.0 Å². The van der Waals surface area contributed by atoms with E-state index in [1.165, 1.54) is 34.0 Å². The van der Waals surface area contributed by atoms with E-state index in [1.54, 1.807) is 26.8 Å². The number of halogens is 7. The van der Waals surface area contributed by atoms with Crippen LogP contribution in [0, 0.1) is 0 Å². The van der Waals surface area contributed by atoms with Gasteiger partial charge in [-0.1, -0.05) is 12.1 Å². The minimum absolute atomic E-state index is 0.00194. The summed E-state index contributed by atoms with van der Waals surface area (Å²) in [6.07, 6.45) is -9.58. The lowest BCUT2D eigenvalue weighted by Gasteiger charge is -2.38. The van der Waals surface area contributed by atoms with E-state index in [1.807, 2.05) is 0 Å². The van der Waals surface area contributed by atoms with Crippen LogP contribution in [-0.2, 0) is 28.4 Å². The van der Waals surface area contributed by atoms with Gasteiger partial charge in [0.15, 0.2) is 0 Å². The van der Waals surface area contributed by atoms with Crippen LogP contribution in [0.1, 0.15) is 49.4 Å². The standard InChI is InChI=1S/C30H27F7N4O4S/c1-28(2,3)45-26(43)39-9-8-21(31)23(15-39)41-25(42)24(46-27(41)44)11-16-4-7-22-18(10-16)13-38-40(22)14-17-5-6-19(29(32,33)34)12-20(17)30(35,36)37/h4-7,10-13,21,23H,8-9,14-15H2,1-3H3/b24-11-/t21-,23+/m1/s1. The monoisotopic (exact) mass is 672 g/mol. The van der Waals surface area contributed by atoms with Crippen molar-refractivity contribution >= 4 is 46.0 Å². The molecule has 1 aromatic heterocycles. The highest BCUT2D eigenvalue weighted by molar-refractivity contribution is 8.18. The molecule has 0 unspecified atom stereocenters. The highest BCUT2D eigenvalue weighted by Gasteiger charge is 2.46. The molecule has 0 N–H and O–H groups in total. The largest absolute Gasteiger partial charge is 0.444 e. The summed E-state index contributed by atoms with van der Waals surface area (Å²) in [6.45, 7) is 4.38. The molecule has 2 saturated heterocycles. The maximum Gasteiger partial charge on any atom is 0.416 e. The molecule has 2 aromatic carbocycles. The van der Waals surface area contributed by atoms with Crippen LogP contribution in [0.3, 0.4) is 0 Å². The fourth-order valence-corrected chi connectivity index (χ4v) is 6.08. The Balaban J connectivity index is 1.36. The SMILES string of the molecule is CC(C)(C)OC(=O)N1CC[C@@H](F)[C@@H](N2C(=O)S/C(=C\c3ccc4c(cnn4Cc4ccc(C(F)(F)F)cc4C(F)(F)F)c3)C2=O)C1. The van der Waals surface area contributed by atoms with Crippen molar-refractivity contribution in [1.29, 1.82) is 0 Å². The smallest absolute Gasteiger partial charge is 0.416 e. The first-order valence-corrected chi connectivity index (χ1v) is 14.8. The normalized spacial score (nSPS) is 20.7. The van der Waals surface area contributed by atoms with Crippen molar-refractivity contribution < 1.29 is 49.9 Å². The molecule has 2 atom stereocenters. The van der Waals surface area contributed by atoms with Gasteiger partial charge in [0.1, 0.15) is 11.8 Å². The number of piperidine rings is 1. The zero-order valence-corrected chi connectivity index (χ0v) is 25.4. The van der Waals surface area contributed by atoms with Crippen LogP contribution in [0.5, 0.6) is 0 Å². The van der Waals surface area contributed by atoms with Crippen molar-refractivity contribution in [3.05, 3.63) is 69.8 Å². The number of benzene rings is 2. The third-order valence-corrected chi connectivity index (χ3v) is 8.22. The number of fused-ring (bicyclic) bond motifs is 1. The predicted octanol–water partition coefficient (Wildman–Crippen LogP) is 7.51. The molecular formula is C30H27F7N4O4S. The highest BCUT2D eigenvalue weighted by Crippen LogP contribution is 2.39. The molecule has 0 spiro atoms. The molecule has 3 heterocycles. The quantitative estimate of drug-likeness (QED) is 0.211. The Kier molecular flexibility index (Phi) is 8.64. The van der Waals surface area contributed by atoms with Gasteiger partial charge in [-0.25, -0.2) is 9.18 Å². The predicted molar refractivity (Wildman–Crippen MR) is 154 cm³/mol. The molecule has 3 amide bonds. The first kappa shape index (κ1) is 33.3. The van der Waals surface area contributed by atoms with Gasteiger partial charge < -0.3 is 9.64 Å². The molecule has 0 bridgehead atoms. The van der Waals surface area contributed by atoms with Crippen molar-refractivity contribution in [1.82, 2.24) is 19.6 Å². The second-order valence-corrected chi connectivity index (χ2v) is 12.8. The van der Waals surface area contributed by atoms with E-state index in [0.29, 0.717) is 34.3 Å². The summed E-state index contributed by atoms with van der Waals surface area (Å²) in [6, 6.07) is 4.79. The van der Waals surface area contributed by atoms with Gasteiger partial charge >= 0.3 is 18.4 Å². The number of carbonyl (C=O) groups excluding carboxylic acids is 3. The third kappa shape index (κ3) is 7.00. The van der Waals surface area contributed by atoms with Crippen molar-refractivity contribution in [2.45, 2.75) is 63.9 Å². The van der Waals surface area contributed by atoms with Crippen molar-refractivity contribution in [3.8, 4) is 0 Å². The summed E-state index contributed by atoms with van der Waals surface area (Å²) in [4.78, 5) is 40.8. The summed E-state index contributed by atoms with van der Waals surface area (Å²) in [7, 11) is 0.